The van der Waals surface area contributed by atoms with E-state index in [4.69, 9.17) is 0 Å². The molecule has 0 radical (unpaired) electrons. The zero-order valence-electron chi connectivity index (χ0n) is 34.1. The van der Waals surface area contributed by atoms with Gasteiger partial charge in [-0.05, 0) is 60.7 Å². The first-order chi connectivity index (χ1) is 30.0. The molecule has 0 bridgehead atoms. The van der Waals surface area contributed by atoms with Crippen molar-refractivity contribution in [3.63, 3.8) is 0 Å². The van der Waals surface area contributed by atoms with Crippen LogP contribution in [0.4, 0.5) is 0 Å². The Morgan fingerprint density at radius 1 is 0.328 bits per heavy atom. The van der Waals surface area contributed by atoms with Crippen molar-refractivity contribution in [1.82, 2.24) is 12.9 Å². The fourth-order valence-corrected chi connectivity index (χ4v) is 8.53. The number of sulfonamides is 3. The molecular weight excluding hydrogens is 895 g/mol. The van der Waals surface area contributed by atoms with Crippen molar-refractivity contribution in [2.75, 3.05) is 6.26 Å². The summed E-state index contributed by atoms with van der Waals surface area (Å²) in [6.07, 6.45) is 0.689. The maximum atomic E-state index is 12.6. The van der Waals surface area contributed by atoms with Gasteiger partial charge in [0.1, 0.15) is 0 Å². The minimum atomic E-state index is -4.48. The van der Waals surface area contributed by atoms with Gasteiger partial charge in [0.05, 0.1) is 16.0 Å². The zero-order chi connectivity index (χ0) is 48.0. The van der Waals surface area contributed by atoms with Gasteiger partial charge in [0, 0.05) is 37.5 Å². The molecule has 0 spiro atoms. The monoisotopic (exact) mass is 931 g/mol. The van der Waals surface area contributed by atoms with E-state index in [1.807, 2.05) is 0 Å². The number of benzene rings is 5. The Kier molecular flexibility index (Phi) is 17.4. The lowest BCUT2D eigenvalue weighted by molar-refractivity contribution is -0.139. The largest absolute Gasteiger partial charge is 0.310 e. The first-order valence-corrected chi connectivity index (χ1v) is 22.8. The number of nitrogens with zero attached hydrogens (tertiary/aromatic N) is 3. The molecule has 5 aromatic rings. The summed E-state index contributed by atoms with van der Waals surface area (Å²) in [6.45, 7) is 2.72. The van der Waals surface area contributed by atoms with Crippen LogP contribution in [-0.2, 0) is 58.8 Å². The summed E-state index contributed by atoms with van der Waals surface area (Å²) in [5.74, 6) is -10.5. The van der Waals surface area contributed by atoms with Crippen molar-refractivity contribution < 1.29 is 68.4 Å². The van der Waals surface area contributed by atoms with E-state index >= 15 is 0 Å². The molecule has 0 aliphatic carbocycles. The number of rotatable bonds is 11. The SMILES string of the molecule is CC(=O)C(=O)N(C(=O)c1ccccc1)S(=O)(=O)c1ccccc1.CC(=O)C(=O)N(C(=O)c1ccccc1)S(=O)(=O)c1ccccc1.CC(=O)C(=O)N(C(=O)c1ccccc1)S(C)(=O)=O. The number of hydrogen-bond acceptors (Lipinski definition) is 15. The van der Waals surface area contributed by atoms with Gasteiger partial charge in [-0.1, -0.05) is 91.0 Å². The third-order valence-electron chi connectivity index (χ3n) is 7.97. The Bertz CT molecular complexity index is 2770. The summed E-state index contributed by atoms with van der Waals surface area (Å²) in [4.78, 5) is 106. The molecular formula is C43H37N3O15S3. The van der Waals surface area contributed by atoms with Crippen LogP contribution in [0, 0.1) is 0 Å². The second-order valence-corrected chi connectivity index (χ2v) is 18.2. The molecule has 0 fully saturated rings. The smallest absolute Gasteiger partial charge is 0.289 e. The van der Waals surface area contributed by atoms with E-state index in [1.54, 1.807) is 30.3 Å². The van der Waals surface area contributed by atoms with Crippen molar-refractivity contribution in [1.29, 1.82) is 0 Å². The third-order valence-corrected chi connectivity index (χ3v) is 12.3. The molecule has 21 heteroatoms. The maximum absolute atomic E-state index is 12.6. The van der Waals surface area contributed by atoms with Gasteiger partial charge in [-0.2, -0.15) is 12.9 Å². The van der Waals surface area contributed by atoms with Gasteiger partial charge in [-0.3, -0.25) is 43.2 Å². The average molecular weight is 932 g/mol. The minimum absolute atomic E-state index is 0.0116. The molecule has 6 amide bonds. The van der Waals surface area contributed by atoms with Gasteiger partial charge in [0.2, 0.25) is 27.4 Å². The van der Waals surface area contributed by atoms with E-state index in [9.17, 15) is 68.4 Å². The lowest BCUT2D eigenvalue weighted by Crippen LogP contribution is -2.44. The van der Waals surface area contributed by atoms with Crippen LogP contribution < -0.4 is 0 Å². The summed E-state index contributed by atoms with van der Waals surface area (Å²) in [6, 6.07) is 36.2. The predicted octanol–water partition coefficient (Wildman–Crippen LogP) is 3.47. The molecule has 64 heavy (non-hydrogen) atoms. The van der Waals surface area contributed by atoms with Crippen LogP contribution in [0.1, 0.15) is 51.8 Å². The lowest BCUT2D eigenvalue weighted by Gasteiger charge is -2.19. The Hall–Kier alpha value is -7.62. The molecule has 0 atom stereocenters. The Morgan fingerprint density at radius 2 is 0.531 bits per heavy atom. The second kappa shape index (κ2) is 21.9. The standard InChI is InChI=1S/2C16H13NO5S.C11H11NO5S/c2*1-12(18)15(19)17(16(20)13-8-4-2-5-9-13)23(21,22)14-10-6-3-7-11-14;1-8(13)10(14)12(18(2,16)17)11(15)9-6-4-3-5-7-9/h2*2-11H,1H3;3-7H,1-2H3. The molecule has 0 heterocycles. The van der Waals surface area contributed by atoms with Crippen LogP contribution in [0.3, 0.4) is 0 Å². The van der Waals surface area contributed by atoms with E-state index in [2.05, 4.69) is 0 Å². The van der Waals surface area contributed by atoms with Gasteiger partial charge in [-0.25, -0.2) is 25.3 Å². The normalized spacial score (nSPS) is 10.8. The first kappa shape index (κ1) is 50.7. The number of ketones is 3. The van der Waals surface area contributed by atoms with Gasteiger partial charge < -0.3 is 0 Å². The quantitative estimate of drug-likeness (QED) is 0.172. The molecule has 0 saturated carbocycles. The van der Waals surface area contributed by atoms with Gasteiger partial charge in [0.15, 0.2) is 0 Å². The summed E-state index contributed by atoms with van der Waals surface area (Å²) in [5.41, 5.74) is -0.0132. The molecule has 18 nitrogen and oxygen atoms in total. The zero-order valence-corrected chi connectivity index (χ0v) is 36.6. The number of imide groups is 3. The van der Waals surface area contributed by atoms with E-state index in [-0.39, 0.29) is 39.4 Å². The number of carbonyl (C=O) groups excluding carboxylic acids is 9. The average Bonchev–Trinajstić information content (AvgIpc) is 3.27. The molecule has 0 N–H and O–H groups in total. The summed E-state index contributed by atoms with van der Waals surface area (Å²) >= 11 is 0. The molecule has 0 aliphatic rings. The van der Waals surface area contributed by atoms with Crippen LogP contribution in [0.25, 0.3) is 0 Å². The minimum Gasteiger partial charge on any atom is -0.289 e. The highest BCUT2D eigenvalue weighted by molar-refractivity contribution is 7.90. The number of Topliss-reactive ketones (excluding diaryl/α,β-unsaturated/α-hetero) is 3. The topological polar surface area (TPSA) is 266 Å². The molecule has 0 saturated heterocycles. The van der Waals surface area contributed by atoms with Gasteiger partial charge in [0.25, 0.3) is 37.8 Å². The lowest BCUT2D eigenvalue weighted by atomic mass is 10.2. The second-order valence-electron chi connectivity index (χ2n) is 12.8. The van der Waals surface area contributed by atoms with Crippen molar-refractivity contribution >= 4 is 82.9 Å². The highest BCUT2D eigenvalue weighted by Crippen LogP contribution is 2.21. The van der Waals surface area contributed by atoms with Crippen LogP contribution in [0.2, 0.25) is 0 Å². The molecule has 0 aliphatic heterocycles. The molecule has 0 aromatic heterocycles. The van der Waals surface area contributed by atoms with Crippen LogP contribution in [0.15, 0.2) is 161 Å². The van der Waals surface area contributed by atoms with E-state index in [1.165, 1.54) is 121 Å². The molecule has 0 unspecified atom stereocenters. The molecule has 332 valence electrons. The summed E-state index contributed by atoms with van der Waals surface area (Å²) < 4.78 is 73.4. The molecule has 5 aromatic carbocycles. The van der Waals surface area contributed by atoms with E-state index in [0.29, 0.717) is 6.26 Å². The Labute approximate surface area is 367 Å². The molecule has 5 rings (SSSR count). The van der Waals surface area contributed by atoms with Crippen LogP contribution in [0.5, 0.6) is 0 Å². The highest BCUT2D eigenvalue weighted by atomic mass is 32.2. The first-order valence-electron chi connectivity index (χ1n) is 18.1. The Morgan fingerprint density at radius 3 is 0.750 bits per heavy atom. The van der Waals surface area contributed by atoms with Crippen LogP contribution >= 0.6 is 0 Å². The van der Waals surface area contributed by atoms with Crippen molar-refractivity contribution in [2.24, 2.45) is 0 Å². The third kappa shape index (κ3) is 12.7. The van der Waals surface area contributed by atoms with Crippen LogP contribution in [-0.4, -0.2) is 97.2 Å². The predicted molar refractivity (Wildman–Crippen MR) is 227 cm³/mol. The number of hydrogen-bond donors (Lipinski definition) is 0. The number of amides is 6. The van der Waals surface area contributed by atoms with Crippen molar-refractivity contribution in [3.05, 3.63) is 168 Å². The van der Waals surface area contributed by atoms with Gasteiger partial charge >= 0.3 is 17.7 Å². The highest BCUT2D eigenvalue weighted by Gasteiger charge is 2.39. The van der Waals surface area contributed by atoms with Gasteiger partial charge in [-0.15, -0.1) is 0 Å². The van der Waals surface area contributed by atoms with Crippen molar-refractivity contribution in [3.8, 4) is 0 Å². The Balaban J connectivity index is 0.000000258. The van der Waals surface area contributed by atoms with E-state index in [0.717, 1.165) is 20.8 Å². The maximum Gasteiger partial charge on any atom is 0.310 e. The summed E-state index contributed by atoms with van der Waals surface area (Å²) in [7, 11) is -13.1. The van der Waals surface area contributed by atoms with E-state index < -0.39 is 82.9 Å². The fourth-order valence-electron chi connectivity index (χ4n) is 4.93. The fraction of sp³-hybridized carbons (Fsp3) is 0.0930. The number of carbonyl (C=O) groups is 9. The summed E-state index contributed by atoms with van der Waals surface area (Å²) in [5, 5.41) is 0. The van der Waals surface area contributed by atoms with Crippen molar-refractivity contribution in [2.45, 2.75) is 30.6 Å².